The van der Waals surface area contributed by atoms with Crippen molar-refractivity contribution >= 4 is 23.1 Å². The number of hydrogen-bond donors (Lipinski definition) is 2. The Morgan fingerprint density at radius 1 is 1.32 bits per heavy atom. The lowest BCUT2D eigenvalue weighted by Gasteiger charge is -2.34. The second-order valence-corrected chi connectivity index (χ2v) is 5.47. The van der Waals surface area contributed by atoms with Crippen LogP contribution in [0, 0.1) is 0 Å². The van der Waals surface area contributed by atoms with Crippen molar-refractivity contribution in [2.75, 3.05) is 53.0 Å². The fourth-order valence-corrected chi connectivity index (χ4v) is 2.32. The Morgan fingerprint density at radius 3 is 2.32 bits per heavy atom. The molecule has 19 heavy (non-hydrogen) atoms. The summed E-state index contributed by atoms with van der Waals surface area (Å²) in [6.07, 6.45) is 0. The molecule has 1 heterocycles. The van der Waals surface area contributed by atoms with E-state index in [-0.39, 0.29) is 11.9 Å². The SMILES string of the molecule is COCC(C)NC(=O)CN1CCN(CC(N)=S)CC1. The first-order valence-corrected chi connectivity index (χ1v) is 6.93. The van der Waals surface area contributed by atoms with Gasteiger partial charge in [-0.15, -0.1) is 0 Å². The van der Waals surface area contributed by atoms with E-state index in [1.807, 2.05) is 6.92 Å². The van der Waals surface area contributed by atoms with Crippen LogP contribution in [0.2, 0.25) is 0 Å². The highest BCUT2D eigenvalue weighted by molar-refractivity contribution is 7.80. The van der Waals surface area contributed by atoms with Gasteiger partial charge in [0.1, 0.15) is 0 Å². The number of rotatable bonds is 7. The lowest BCUT2D eigenvalue weighted by molar-refractivity contribution is -0.123. The van der Waals surface area contributed by atoms with Crippen molar-refractivity contribution in [2.45, 2.75) is 13.0 Å². The molecule has 1 atom stereocenters. The summed E-state index contributed by atoms with van der Waals surface area (Å²) in [6, 6.07) is 0.0494. The molecular weight excluding hydrogens is 264 g/mol. The van der Waals surface area contributed by atoms with Gasteiger partial charge in [0, 0.05) is 45.9 Å². The minimum atomic E-state index is 0.0485. The lowest BCUT2D eigenvalue weighted by Crippen LogP contribution is -2.51. The molecule has 0 aromatic carbocycles. The average Bonchev–Trinajstić information content (AvgIpc) is 2.31. The van der Waals surface area contributed by atoms with E-state index in [0.717, 1.165) is 26.2 Å². The summed E-state index contributed by atoms with van der Waals surface area (Å²) < 4.78 is 4.99. The van der Waals surface area contributed by atoms with E-state index < -0.39 is 0 Å². The summed E-state index contributed by atoms with van der Waals surface area (Å²) in [6.45, 7) is 7.12. The first-order chi connectivity index (χ1) is 9.01. The minimum Gasteiger partial charge on any atom is -0.392 e. The van der Waals surface area contributed by atoms with E-state index >= 15 is 0 Å². The van der Waals surface area contributed by atoms with Gasteiger partial charge in [-0.25, -0.2) is 0 Å². The zero-order valence-electron chi connectivity index (χ0n) is 11.7. The summed E-state index contributed by atoms with van der Waals surface area (Å²) in [5, 5.41) is 2.91. The van der Waals surface area contributed by atoms with Crippen molar-refractivity contribution in [3.05, 3.63) is 0 Å². The number of methoxy groups -OCH3 is 1. The van der Waals surface area contributed by atoms with Crippen LogP contribution in [0.15, 0.2) is 0 Å². The third kappa shape index (κ3) is 6.81. The predicted molar refractivity (Wildman–Crippen MR) is 79.1 cm³/mol. The molecule has 1 rings (SSSR count). The van der Waals surface area contributed by atoms with Crippen molar-refractivity contribution in [3.8, 4) is 0 Å². The molecule has 0 aromatic rings. The molecule has 7 heteroatoms. The van der Waals surface area contributed by atoms with Crippen LogP contribution in [-0.2, 0) is 9.53 Å². The van der Waals surface area contributed by atoms with E-state index in [4.69, 9.17) is 22.7 Å². The number of nitrogens with zero attached hydrogens (tertiary/aromatic N) is 2. The molecule has 0 aliphatic carbocycles. The average molecular weight is 288 g/mol. The molecule has 1 saturated heterocycles. The lowest BCUT2D eigenvalue weighted by atomic mass is 10.3. The standard InChI is InChI=1S/C12H24N4O2S/c1-10(9-18-2)14-12(17)8-16-5-3-15(4-6-16)7-11(13)19/h10H,3-9H2,1-2H3,(H2,13,19)(H,14,17). The molecule has 0 saturated carbocycles. The minimum absolute atomic E-state index is 0.0485. The highest BCUT2D eigenvalue weighted by Gasteiger charge is 2.19. The molecule has 6 nitrogen and oxygen atoms in total. The van der Waals surface area contributed by atoms with Crippen molar-refractivity contribution < 1.29 is 9.53 Å². The van der Waals surface area contributed by atoms with Crippen LogP contribution in [0.4, 0.5) is 0 Å². The quantitative estimate of drug-likeness (QED) is 0.588. The van der Waals surface area contributed by atoms with Crippen molar-refractivity contribution in [1.29, 1.82) is 0 Å². The van der Waals surface area contributed by atoms with Gasteiger partial charge in [0.2, 0.25) is 5.91 Å². The predicted octanol–water partition coefficient (Wildman–Crippen LogP) is -0.959. The Labute approximate surface area is 120 Å². The van der Waals surface area contributed by atoms with Gasteiger partial charge in [0.25, 0.3) is 0 Å². The van der Waals surface area contributed by atoms with E-state index in [1.165, 1.54) is 0 Å². The molecule has 110 valence electrons. The van der Waals surface area contributed by atoms with Crippen LogP contribution in [0.25, 0.3) is 0 Å². The van der Waals surface area contributed by atoms with Crippen molar-refractivity contribution in [1.82, 2.24) is 15.1 Å². The summed E-state index contributed by atoms with van der Waals surface area (Å²) >= 11 is 4.89. The van der Waals surface area contributed by atoms with E-state index in [2.05, 4.69) is 15.1 Å². The van der Waals surface area contributed by atoms with Gasteiger partial charge in [0.05, 0.1) is 18.1 Å². The number of nitrogens with two attached hydrogens (primary N) is 1. The van der Waals surface area contributed by atoms with Crippen LogP contribution in [-0.4, -0.2) is 79.7 Å². The molecule has 1 amide bonds. The third-order valence-corrected chi connectivity index (χ3v) is 3.16. The maximum absolute atomic E-state index is 11.8. The highest BCUT2D eigenvalue weighted by atomic mass is 32.1. The number of amides is 1. The maximum atomic E-state index is 11.8. The molecule has 1 aliphatic heterocycles. The van der Waals surface area contributed by atoms with Gasteiger partial charge in [-0.05, 0) is 6.92 Å². The van der Waals surface area contributed by atoms with Crippen LogP contribution < -0.4 is 11.1 Å². The topological polar surface area (TPSA) is 70.8 Å². The van der Waals surface area contributed by atoms with Gasteiger partial charge in [-0.1, -0.05) is 12.2 Å². The molecule has 1 aliphatic rings. The summed E-state index contributed by atoms with van der Waals surface area (Å²) in [5.41, 5.74) is 5.52. The van der Waals surface area contributed by atoms with Gasteiger partial charge >= 0.3 is 0 Å². The normalized spacial score (nSPS) is 19.1. The first kappa shape index (κ1) is 16.3. The Kier molecular flexibility index (Phi) is 7.22. The maximum Gasteiger partial charge on any atom is 0.234 e. The Hall–Kier alpha value is -0.760. The zero-order chi connectivity index (χ0) is 14.3. The highest BCUT2D eigenvalue weighted by Crippen LogP contribution is 2.01. The summed E-state index contributed by atoms with van der Waals surface area (Å²) in [4.78, 5) is 16.7. The van der Waals surface area contributed by atoms with Gasteiger partial charge in [-0.2, -0.15) is 0 Å². The van der Waals surface area contributed by atoms with Crippen LogP contribution >= 0.6 is 12.2 Å². The Bertz CT molecular complexity index is 306. The largest absolute Gasteiger partial charge is 0.392 e. The number of nitrogens with one attached hydrogen (secondary N) is 1. The van der Waals surface area contributed by atoms with Gasteiger partial charge in [0.15, 0.2) is 0 Å². The molecule has 0 radical (unpaired) electrons. The summed E-state index contributed by atoms with van der Waals surface area (Å²) in [7, 11) is 1.63. The van der Waals surface area contributed by atoms with Gasteiger partial charge in [-0.3, -0.25) is 14.6 Å². The van der Waals surface area contributed by atoms with Crippen LogP contribution in [0.5, 0.6) is 0 Å². The number of ether oxygens (including phenoxy) is 1. The molecular formula is C12H24N4O2S. The van der Waals surface area contributed by atoms with E-state index in [9.17, 15) is 4.79 Å². The molecule has 0 aromatic heterocycles. The van der Waals surface area contributed by atoms with Gasteiger partial charge < -0.3 is 15.8 Å². The second kappa shape index (κ2) is 8.42. The second-order valence-electron chi connectivity index (χ2n) is 4.94. The number of thiocarbonyl (C=S) groups is 1. The van der Waals surface area contributed by atoms with Crippen molar-refractivity contribution in [2.24, 2.45) is 5.73 Å². The zero-order valence-corrected chi connectivity index (χ0v) is 12.5. The molecule has 1 fully saturated rings. The number of hydrogen-bond acceptors (Lipinski definition) is 5. The molecule has 0 bridgehead atoms. The first-order valence-electron chi connectivity index (χ1n) is 6.52. The van der Waals surface area contributed by atoms with Crippen LogP contribution in [0.3, 0.4) is 0 Å². The molecule has 1 unspecified atom stereocenters. The Balaban J connectivity index is 2.21. The molecule has 0 spiro atoms. The summed E-state index contributed by atoms with van der Waals surface area (Å²) in [5.74, 6) is 0.0485. The number of carbonyl (C=O) groups is 1. The Morgan fingerprint density at radius 2 is 1.84 bits per heavy atom. The fraction of sp³-hybridized carbons (Fsp3) is 0.833. The number of carbonyl (C=O) groups excluding carboxylic acids is 1. The van der Waals surface area contributed by atoms with E-state index in [0.29, 0.717) is 24.7 Å². The third-order valence-electron chi connectivity index (χ3n) is 3.04. The number of piperazine rings is 1. The van der Waals surface area contributed by atoms with Crippen LogP contribution in [0.1, 0.15) is 6.92 Å². The van der Waals surface area contributed by atoms with Crippen molar-refractivity contribution in [3.63, 3.8) is 0 Å². The van der Waals surface area contributed by atoms with E-state index in [1.54, 1.807) is 7.11 Å². The smallest absolute Gasteiger partial charge is 0.234 e. The monoisotopic (exact) mass is 288 g/mol. The fourth-order valence-electron chi connectivity index (χ4n) is 2.14. The molecule has 3 N–H and O–H groups in total.